The van der Waals surface area contributed by atoms with E-state index in [9.17, 15) is 13.2 Å². The van der Waals surface area contributed by atoms with Crippen molar-refractivity contribution in [2.75, 3.05) is 5.32 Å². The van der Waals surface area contributed by atoms with Crippen molar-refractivity contribution in [3.63, 3.8) is 0 Å². The summed E-state index contributed by atoms with van der Waals surface area (Å²) >= 11 is 0. The minimum atomic E-state index is -4.31. The van der Waals surface area contributed by atoms with Gasteiger partial charge in [0.2, 0.25) is 0 Å². The normalized spacial score (nSPS) is 21.7. The minimum Gasteiger partial charge on any atom is -0.381 e. The number of benzene rings is 1. The Labute approximate surface area is 105 Å². The predicted octanol–water partition coefficient (Wildman–Crippen LogP) is 4.55. The van der Waals surface area contributed by atoms with Gasteiger partial charge in [0.15, 0.2) is 0 Å². The van der Waals surface area contributed by atoms with Gasteiger partial charge in [0.25, 0.3) is 0 Å². The van der Waals surface area contributed by atoms with E-state index in [4.69, 9.17) is 0 Å². The Morgan fingerprint density at radius 2 is 1.50 bits per heavy atom. The zero-order valence-electron chi connectivity index (χ0n) is 11.0. The van der Waals surface area contributed by atoms with Crippen LogP contribution < -0.4 is 5.32 Å². The van der Waals surface area contributed by atoms with E-state index in [1.807, 2.05) is 0 Å². The molecule has 0 amide bonds. The highest BCUT2D eigenvalue weighted by molar-refractivity contribution is 5.55. The molecule has 0 heterocycles. The molecule has 4 heteroatoms. The molecule has 0 unspecified atom stereocenters. The van der Waals surface area contributed by atoms with Crippen molar-refractivity contribution in [1.29, 1.82) is 0 Å². The molecule has 1 N–H and O–H groups in total. The summed E-state index contributed by atoms with van der Waals surface area (Å²) in [6.07, 6.45) is -4.31. The number of halogens is 3. The van der Waals surface area contributed by atoms with Crippen LogP contribution in [0.15, 0.2) is 24.3 Å². The Morgan fingerprint density at radius 3 is 1.94 bits per heavy atom. The average Bonchev–Trinajstić information content (AvgIpc) is 2.60. The predicted molar refractivity (Wildman–Crippen MR) is 66.4 cm³/mol. The van der Waals surface area contributed by atoms with Crippen LogP contribution in [-0.4, -0.2) is 6.04 Å². The number of anilines is 1. The summed E-state index contributed by atoms with van der Waals surface area (Å²) in [6.45, 7) is 8.28. The summed E-state index contributed by atoms with van der Waals surface area (Å²) < 4.78 is 38.6. The maximum absolute atomic E-state index is 12.9. The van der Waals surface area contributed by atoms with Crippen LogP contribution in [0.5, 0.6) is 0 Å². The molecule has 0 saturated heterocycles. The van der Waals surface area contributed by atoms with Crippen LogP contribution >= 0.6 is 0 Å². The van der Waals surface area contributed by atoms with Crippen LogP contribution in [0.1, 0.15) is 33.3 Å². The highest BCUT2D eigenvalue weighted by atomic mass is 19.4. The lowest BCUT2D eigenvalue weighted by atomic mass is 10.0. The first-order valence-electron chi connectivity index (χ1n) is 6.01. The molecule has 0 atom stereocenters. The number of hydrogen-bond donors (Lipinski definition) is 1. The van der Waals surface area contributed by atoms with E-state index < -0.39 is 11.7 Å². The molecule has 18 heavy (non-hydrogen) atoms. The standard InChI is InChI=1S/C14H18F3N/c1-12(2)11(13(12,3)4)18-10-8-6-5-7-9(10)14(15,16)17/h5-8,11,18H,1-4H3. The third-order valence-corrected chi connectivity index (χ3v) is 4.55. The molecule has 100 valence electrons. The molecule has 0 radical (unpaired) electrons. The summed E-state index contributed by atoms with van der Waals surface area (Å²) in [7, 11) is 0. The van der Waals surface area contributed by atoms with Gasteiger partial charge in [0.05, 0.1) is 5.56 Å². The SMILES string of the molecule is CC1(C)C(Nc2ccccc2C(F)(F)F)C1(C)C. The minimum absolute atomic E-state index is 0.00566. The summed E-state index contributed by atoms with van der Waals surface area (Å²) in [5.74, 6) is 0. The van der Waals surface area contributed by atoms with E-state index >= 15 is 0 Å². The molecular formula is C14H18F3N. The summed E-state index contributed by atoms with van der Waals surface area (Å²) in [5, 5.41) is 3.05. The Hall–Kier alpha value is -1.19. The fraction of sp³-hybridized carbons (Fsp3) is 0.571. The molecule has 1 fully saturated rings. The Kier molecular flexibility index (Phi) is 2.69. The zero-order chi connectivity index (χ0) is 13.8. The summed E-state index contributed by atoms with van der Waals surface area (Å²) in [6, 6.07) is 5.71. The van der Waals surface area contributed by atoms with Crippen LogP contribution in [-0.2, 0) is 6.18 Å². The van der Waals surface area contributed by atoms with E-state index in [-0.39, 0.29) is 22.6 Å². The molecule has 1 aromatic rings. The van der Waals surface area contributed by atoms with Crippen molar-refractivity contribution in [2.45, 2.75) is 39.9 Å². The molecular weight excluding hydrogens is 239 g/mol. The van der Waals surface area contributed by atoms with E-state index in [0.29, 0.717) is 0 Å². The molecule has 1 nitrogen and oxygen atoms in total. The van der Waals surface area contributed by atoms with Gasteiger partial charge in [0, 0.05) is 11.7 Å². The summed E-state index contributed by atoms with van der Waals surface area (Å²) in [4.78, 5) is 0. The lowest BCUT2D eigenvalue weighted by Crippen LogP contribution is -2.15. The van der Waals surface area contributed by atoms with Crippen molar-refractivity contribution in [3.05, 3.63) is 29.8 Å². The fourth-order valence-corrected chi connectivity index (χ4v) is 2.57. The van der Waals surface area contributed by atoms with E-state index in [0.717, 1.165) is 6.07 Å². The monoisotopic (exact) mass is 257 g/mol. The van der Waals surface area contributed by atoms with Crippen molar-refractivity contribution in [3.8, 4) is 0 Å². The van der Waals surface area contributed by atoms with Crippen LogP contribution in [0.25, 0.3) is 0 Å². The Balaban J connectivity index is 2.27. The summed E-state index contributed by atoms with van der Waals surface area (Å²) in [5.41, 5.74) is -0.408. The number of nitrogens with one attached hydrogen (secondary N) is 1. The van der Waals surface area contributed by atoms with E-state index in [2.05, 4.69) is 33.0 Å². The highest BCUT2D eigenvalue weighted by Gasteiger charge is 2.65. The Bertz CT molecular complexity index is 446. The van der Waals surface area contributed by atoms with E-state index in [1.54, 1.807) is 6.07 Å². The van der Waals surface area contributed by atoms with Gasteiger partial charge < -0.3 is 5.32 Å². The second-order valence-electron chi connectivity index (χ2n) is 6.06. The molecule has 1 aliphatic carbocycles. The average molecular weight is 257 g/mol. The molecule has 0 spiro atoms. The van der Waals surface area contributed by atoms with Crippen LogP contribution in [0.3, 0.4) is 0 Å². The maximum atomic E-state index is 12.9. The second-order valence-corrected chi connectivity index (χ2v) is 6.06. The maximum Gasteiger partial charge on any atom is 0.418 e. The highest BCUT2D eigenvalue weighted by Crippen LogP contribution is 2.64. The van der Waals surface area contributed by atoms with Crippen molar-refractivity contribution >= 4 is 5.69 Å². The second kappa shape index (κ2) is 3.65. The van der Waals surface area contributed by atoms with Gasteiger partial charge in [-0.3, -0.25) is 0 Å². The molecule has 0 bridgehead atoms. The number of hydrogen-bond acceptors (Lipinski definition) is 1. The zero-order valence-corrected chi connectivity index (χ0v) is 11.0. The van der Waals surface area contributed by atoms with Crippen LogP contribution in [0.2, 0.25) is 0 Å². The lowest BCUT2D eigenvalue weighted by Gasteiger charge is -2.15. The van der Waals surface area contributed by atoms with Gasteiger partial charge in [-0.2, -0.15) is 13.2 Å². The van der Waals surface area contributed by atoms with Gasteiger partial charge in [-0.25, -0.2) is 0 Å². The molecule has 1 aromatic carbocycles. The largest absolute Gasteiger partial charge is 0.418 e. The van der Waals surface area contributed by atoms with Gasteiger partial charge in [-0.15, -0.1) is 0 Å². The topological polar surface area (TPSA) is 12.0 Å². The van der Waals surface area contributed by atoms with Crippen LogP contribution in [0.4, 0.5) is 18.9 Å². The third kappa shape index (κ3) is 1.88. The first-order valence-corrected chi connectivity index (χ1v) is 6.01. The fourth-order valence-electron chi connectivity index (χ4n) is 2.57. The van der Waals surface area contributed by atoms with Gasteiger partial charge in [-0.1, -0.05) is 39.8 Å². The number of rotatable bonds is 2. The Morgan fingerprint density at radius 1 is 1.00 bits per heavy atom. The molecule has 0 aliphatic heterocycles. The quantitative estimate of drug-likeness (QED) is 0.819. The molecule has 2 rings (SSSR count). The number of alkyl halides is 3. The van der Waals surface area contributed by atoms with Gasteiger partial charge in [-0.05, 0) is 23.0 Å². The van der Waals surface area contributed by atoms with Crippen molar-refractivity contribution in [2.24, 2.45) is 10.8 Å². The first-order chi connectivity index (χ1) is 8.08. The van der Waals surface area contributed by atoms with E-state index in [1.165, 1.54) is 12.1 Å². The van der Waals surface area contributed by atoms with Gasteiger partial charge >= 0.3 is 6.18 Å². The lowest BCUT2D eigenvalue weighted by molar-refractivity contribution is -0.137. The van der Waals surface area contributed by atoms with Crippen molar-refractivity contribution < 1.29 is 13.2 Å². The van der Waals surface area contributed by atoms with Gasteiger partial charge in [0.1, 0.15) is 0 Å². The molecule has 0 aromatic heterocycles. The van der Waals surface area contributed by atoms with Crippen LogP contribution in [0, 0.1) is 10.8 Å². The number of para-hydroxylation sites is 1. The molecule has 1 aliphatic rings. The first kappa shape index (κ1) is 13.2. The third-order valence-electron chi connectivity index (χ3n) is 4.55. The smallest absolute Gasteiger partial charge is 0.381 e. The van der Waals surface area contributed by atoms with Crippen molar-refractivity contribution in [1.82, 2.24) is 0 Å². The molecule has 1 saturated carbocycles.